The van der Waals surface area contributed by atoms with Gasteiger partial charge in [0, 0.05) is 23.4 Å². The van der Waals surface area contributed by atoms with Gasteiger partial charge in [-0.1, -0.05) is 26.0 Å². The Morgan fingerprint density at radius 1 is 1.21 bits per heavy atom. The summed E-state index contributed by atoms with van der Waals surface area (Å²) in [5.41, 5.74) is 0.738. The molecular formula is C18H20N2O4. The molecule has 0 spiro atoms. The van der Waals surface area contributed by atoms with Gasteiger partial charge >= 0.3 is 0 Å². The number of nitro groups is 1. The first kappa shape index (κ1) is 17.5. The lowest BCUT2D eigenvalue weighted by atomic mass is 10.1. The highest BCUT2D eigenvalue weighted by molar-refractivity contribution is 6.04. The molecule has 6 heteroatoms. The molecular weight excluding hydrogens is 308 g/mol. The molecule has 0 radical (unpaired) electrons. The molecule has 1 N–H and O–H groups in total. The number of hydrogen-bond acceptors (Lipinski definition) is 4. The SMILES string of the molecule is CC(C)CCOc1cccc(C(=O)Nc2cccc([N+](=O)[O-])c2)c1. The van der Waals surface area contributed by atoms with Crippen LogP contribution in [-0.2, 0) is 0 Å². The fourth-order valence-corrected chi connectivity index (χ4v) is 2.04. The molecule has 24 heavy (non-hydrogen) atoms. The molecule has 0 unspecified atom stereocenters. The zero-order valence-electron chi connectivity index (χ0n) is 13.7. The Balaban J connectivity index is 2.04. The maximum absolute atomic E-state index is 12.3. The van der Waals surface area contributed by atoms with Crippen molar-refractivity contribution in [2.45, 2.75) is 20.3 Å². The fraction of sp³-hybridized carbons (Fsp3) is 0.278. The topological polar surface area (TPSA) is 81.5 Å². The van der Waals surface area contributed by atoms with Gasteiger partial charge < -0.3 is 10.1 Å². The van der Waals surface area contributed by atoms with Gasteiger partial charge in [-0.15, -0.1) is 0 Å². The van der Waals surface area contributed by atoms with Crippen molar-refractivity contribution in [3.05, 3.63) is 64.2 Å². The van der Waals surface area contributed by atoms with Crippen molar-refractivity contribution >= 4 is 17.3 Å². The summed E-state index contributed by atoms with van der Waals surface area (Å²) in [6.07, 6.45) is 0.935. The second-order valence-electron chi connectivity index (χ2n) is 5.82. The summed E-state index contributed by atoms with van der Waals surface area (Å²) in [5.74, 6) is 0.831. The zero-order valence-corrected chi connectivity index (χ0v) is 13.7. The van der Waals surface area contributed by atoms with Crippen LogP contribution in [0.3, 0.4) is 0 Å². The highest BCUT2D eigenvalue weighted by Gasteiger charge is 2.10. The Morgan fingerprint density at radius 3 is 2.67 bits per heavy atom. The summed E-state index contributed by atoms with van der Waals surface area (Å²) in [5, 5.41) is 13.4. The predicted octanol–water partition coefficient (Wildman–Crippen LogP) is 4.27. The third-order valence-electron chi connectivity index (χ3n) is 3.37. The van der Waals surface area contributed by atoms with Gasteiger partial charge in [0.1, 0.15) is 5.75 Å². The van der Waals surface area contributed by atoms with Crippen LogP contribution < -0.4 is 10.1 Å². The molecule has 0 aromatic heterocycles. The van der Waals surface area contributed by atoms with E-state index in [1.165, 1.54) is 18.2 Å². The van der Waals surface area contributed by atoms with Crippen molar-refractivity contribution in [2.24, 2.45) is 5.92 Å². The van der Waals surface area contributed by atoms with Crippen LogP contribution in [0.4, 0.5) is 11.4 Å². The maximum Gasteiger partial charge on any atom is 0.271 e. The normalized spacial score (nSPS) is 10.5. The first-order chi connectivity index (χ1) is 11.5. The third kappa shape index (κ3) is 5.08. The number of carbonyl (C=O) groups is 1. The van der Waals surface area contributed by atoms with E-state index in [2.05, 4.69) is 19.2 Å². The van der Waals surface area contributed by atoms with Crippen LogP contribution in [0.5, 0.6) is 5.75 Å². The van der Waals surface area contributed by atoms with Gasteiger partial charge in [-0.2, -0.15) is 0 Å². The molecule has 126 valence electrons. The van der Waals surface area contributed by atoms with E-state index >= 15 is 0 Å². The molecule has 0 aliphatic rings. The summed E-state index contributed by atoms with van der Waals surface area (Å²) >= 11 is 0. The first-order valence-electron chi connectivity index (χ1n) is 7.74. The zero-order chi connectivity index (χ0) is 17.5. The monoisotopic (exact) mass is 328 g/mol. The molecule has 2 aromatic carbocycles. The lowest BCUT2D eigenvalue weighted by Gasteiger charge is -2.10. The Bertz CT molecular complexity index is 728. The van der Waals surface area contributed by atoms with Gasteiger partial charge in [-0.25, -0.2) is 0 Å². The van der Waals surface area contributed by atoms with E-state index in [9.17, 15) is 14.9 Å². The Hall–Kier alpha value is -2.89. The lowest BCUT2D eigenvalue weighted by Crippen LogP contribution is -2.12. The van der Waals surface area contributed by atoms with Gasteiger partial charge in [0.05, 0.1) is 11.5 Å². The minimum Gasteiger partial charge on any atom is -0.494 e. The summed E-state index contributed by atoms with van der Waals surface area (Å²) in [6, 6.07) is 12.7. The summed E-state index contributed by atoms with van der Waals surface area (Å²) in [4.78, 5) is 22.6. The highest BCUT2D eigenvalue weighted by atomic mass is 16.6. The number of anilines is 1. The van der Waals surface area contributed by atoms with Crippen molar-refractivity contribution in [3.8, 4) is 5.75 Å². The molecule has 0 aliphatic carbocycles. The van der Waals surface area contributed by atoms with E-state index in [1.54, 1.807) is 30.3 Å². The number of nitrogens with one attached hydrogen (secondary N) is 1. The highest BCUT2D eigenvalue weighted by Crippen LogP contribution is 2.19. The summed E-state index contributed by atoms with van der Waals surface area (Å²) in [6.45, 7) is 4.83. The van der Waals surface area contributed by atoms with Gasteiger partial charge in [-0.3, -0.25) is 14.9 Å². The number of non-ortho nitro benzene ring substituents is 1. The minimum absolute atomic E-state index is 0.0708. The number of carbonyl (C=O) groups excluding carboxylic acids is 1. The van der Waals surface area contributed by atoms with Crippen molar-refractivity contribution in [1.29, 1.82) is 0 Å². The number of ether oxygens (including phenoxy) is 1. The summed E-state index contributed by atoms with van der Waals surface area (Å²) in [7, 11) is 0. The molecule has 0 atom stereocenters. The van der Waals surface area contributed by atoms with E-state index in [0.717, 1.165) is 6.42 Å². The van der Waals surface area contributed by atoms with Crippen LogP contribution >= 0.6 is 0 Å². The van der Waals surface area contributed by atoms with Gasteiger partial charge in [-0.05, 0) is 36.6 Å². The molecule has 0 bridgehead atoms. The third-order valence-corrected chi connectivity index (χ3v) is 3.37. The largest absolute Gasteiger partial charge is 0.494 e. The molecule has 2 aromatic rings. The molecule has 0 aliphatic heterocycles. The predicted molar refractivity (Wildman–Crippen MR) is 92.4 cm³/mol. The molecule has 0 heterocycles. The van der Waals surface area contributed by atoms with Gasteiger partial charge in [0.2, 0.25) is 0 Å². The Morgan fingerprint density at radius 2 is 1.96 bits per heavy atom. The second kappa shape index (κ2) is 8.10. The quantitative estimate of drug-likeness (QED) is 0.608. The van der Waals surface area contributed by atoms with Crippen molar-refractivity contribution in [3.63, 3.8) is 0 Å². The Labute approximate surface area is 140 Å². The number of benzene rings is 2. The Kier molecular flexibility index (Phi) is 5.89. The standard InChI is InChI=1S/C18H20N2O4/c1-13(2)9-10-24-17-8-3-5-14(11-17)18(21)19-15-6-4-7-16(12-15)20(22)23/h3-8,11-13H,9-10H2,1-2H3,(H,19,21). The molecule has 6 nitrogen and oxygen atoms in total. The molecule has 2 rings (SSSR count). The van der Waals surface area contributed by atoms with Crippen LogP contribution in [0.2, 0.25) is 0 Å². The van der Waals surface area contributed by atoms with Crippen LogP contribution in [0.25, 0.3) is 0 Å². The fourth-order valence-electron chi connectivity index (χ4n) is 2.04. The molecule has 0 saturated heterocycles. The van der Waals surface area contributed by atoms with Crippen LogP contribution in [0.15, 0.2) is 48.5 Å². The van der Waals surface area contributed by atoms with Crippen molar-refractivity contribution in [1.82, 2.24) is 0 Å². The number of nitro benzene ring substituents is 1. The van der Waals surface area contributed by atoms with Gasteiger partial charge in [0.15, 0.2) is 0 Å². The van der Waals surface area contributed by atoms with E-state index in [1.807, 2.05) is 0 Å². The number of hydrogen-bond donors (Lipinski definition) is 1. The smallest absolute Gasteiger partial charge is 0.271 e. The molecule has 1 amide bonds. The lowest BCUT2D eigenvalue weighted by molar-refractivity contribution is -0.384. The first-order valence-corrected chi connectivity index (χ1v) is 7.74. The molecule has 0 saturated carbocycles. The van der Waals surface area contributed by atoms with Crippen LogP contribution in [0.1, 0.15) is 30.6 Å². The van der Waals surface area contributed by atoms with Crippen LogP contribution in [-0.4, -0.2) is 17.4 Å². The van der Waals surface area contributed by atoms with Crippen LogP contribution in [0, 0.1) is 16.0 Å². The number of amides is 1. The minimum atomic E-state index is -0.501. The second-order valence-corrected chi connectivity index (χ2v) is 5.82. The van der Waals surface area contributed by atoms with E-state index in [4.69, 9.17) is 4.74 Å². The number of rotatable bonds is 7. The van der Waals surface area contributed by atoms with E-state index < -0.39 is 4.92 Å². The van der Waals surface area contributed by atoms with Crippen molar-refractivity contribution in [2.75, 3.05) is 11.9 Å². The van der Waals surface area contributed by atoms with E-state index in [-0.39, 0.29) is 11.6 Å². The maximum atomic E-state index is 12.3. The average molecular weight is 328 g/mol. The summed E-state index contributed by atoms with van der Waals surface area (Å²) < 4.78 is 5.64. The van der Waals surface area contributed by atoms with Gasteiger partial charge in [0.25, 0.3) is 11.6 Å². The average Bonchev–Trinajstić information content (AvgIpc) is 2.55. The van der Waals surface area contributed by atoms with Crippen molar-refractivity contribution < 1.29 is 14.5 Å². The number of nitrogens with zero attached hydrogens (tertiary/aromatic N) is 1. The van der Waals surface area contributed by atoms with E-state index in [0.29, 0.717) is 29.5 Å². The molecule has 0 fully saturated rings.